The minimum absolute atomic E-state index is 0.0899. The van der Waals surface area contributed by atoms with Crippen molar-refractivity contribution in [1.82, 2.24) is 15.1 Å². The Kier molecular flexibility index (Phi) is 6.85. The molecule has 2 heterocycles. The van der Waals surface area contributed by atoms with Crippen LogP contribution in [0.5, 0.6) is 0 Å². The summed E-state index contributed by atoms with van der Waals surface area (Å²) in [6.07, 6.45) is 1.22. The number of likely N-dealkylation sites (tertiary alicyclic amines) is 2. The molecule has 1 aromatic rings. The molecule has 6 nitrogen and oxygen atoms in total. The largest absolute Gasteiger partial charge is 0.388 e. The number of nitrogens with one attached hydrogen (secondary N) is 1. The number of benzene rings is 1. The summed E-state index contributed by atoms with van der Waals surface area (Å²) in [4.78, 5) is 28.1. The van der Waals surface area contributed by atoms with E-state index >= 15 is 0 Å². The Labute approximate surface area is 169 Å². The lowest BCUT2D eigenvalue weighted by atomic mass is 9.93. The summed E-state index contributed by atoms with van der Waals surface area (Å²) in [5.41, 5.74) is -0.479. The van der Waals surface area contributed by atoms with Crippen molar-refractivity contribution in [2.24, 2.45) is 0 Å². The van der Waals surface area contributed by atoms with Crippen molar-refractivity contribution in [1.29, 1.82) is 0 Å². The first-order valence-electron chi connectivity index (χ1n) is 10.2. The van der Waals surface area contributed by atoms with Gasteiger partial charge in [-0.1, -0.05) is 18.2 Å². The Morgan fingerprint density at radius 3 is 2.38 bits per heavy atom. The zero-order valence-corrected chi connectivity index (χ0v) is 16.6. The van der Waals surface area contributed by atoms with Gasteiger partial charge in [0, 0.05) is 51.1 Å². The fourth-order valence-electron chi connectivity index (χ4n) is 4.00. The number of aliphatic hydroxyl groups is 1. The molecule has 2 aliphatic rings. The second kappa shape index (κ2) is 9.17. The predicted octanol–water partition coefficient (Wildman–Crippen LogP) is 1.89. The first kappa shape index (κ1) is 21.6. The lowest BCUT2D eigenvalue weighted by molar-refractivity contribution is -0.130. The lowest BCUT2D eigenvalue weighted by Crippen LogP contribution is -2.48. The van der Waals surface area contributed by atoms with Crippen molar-refractivity contribution in [3.63, 3.8) is 0 Å². The summed E-state index contributed by atoms with van der Waals surface area (Å²) in [5, 5.41) is 13.6. The van der Waals surface area contributed by atoms with E-state index in [0.717, 1.165) is 0 Å². The van der Waals surface area contributed by atoms with Gasteiger partial charge in [-0.3, -0.25) is 9.59 Å². The summed E-state index contributed by atoms with van der Waals surface area (Å²) in [6, 6.07) is 8.70. The van der Waals surface area contributed by atoms with E-state index < -0.39 is 11.5 Å². The van der Waals surface area contributed by atoms with Gasteiger partial charge in [-0.15, -0.1) is 0 Å². The van der Waals surface area contributed by atoms with E-state index in [1.54, 1.807) is 29.2 Å². The second-order valence-electron chi connectivity index (χ2n) is 8.14. The third kappa shape index (κ3) is 6.21. The van der Waals surface area contributed by atoms with Crippen molar-refractivity contribution in [3.05, 3.63) is 35.9 Å². The summed E-state index contributed by atoms with van der Waals surface area (Å²) in [5.74, 6) is -3.08. The minimum atomic E-state index is -2.60. The van der Waals surface area contributed by atoms with E-state index in [0.29, 0.717) is 44.5 Å². The number of amides is 2. The van der Waals surface area contributed by atoms with Crippen LogP contribution in [-0.4, -0.2) is 77.5 Å². The van der Waals surface area contributed by atoms with Gasteiger partial charge < -0.3 is 20.2 Å². The Hall–Kier alpha value is -2.06. The fourth-order valence-corrected chi connectivity index (χ4v) is 4.00. The molecule has 3 rings (SSSR count). The minimum Gasteiger partial charge on any atom is -0.388 e. The number of halogens is 2. The number of hydrogen-bond acceptors (Lipinski definition) is 4. The van der Waals surface area contributed by atoms with Crippen LogP contribution in [0.25, 0.3) is 0 Å². The molecule has 29 heavy (non-hydrogen) atoms. The molecule has 0 aromatic heterocycles. The zero-order valence-electron chi connectivity index (χ0n) is 16.6. The van der Waals surface area contributed by atoms with Crippen LogP contribution >= 0.6 is 0 Å². The Bertz CT molecular complexity index is 706. The zero-order chi connectivity index (χ0) is 20.9. The van der Waals surface area contributed by atoms with Crippen LogP contribution in [-0.2, 0) is 4.79 Å². The highest BCUT2D eigenvalue weighted by molar-refractivity contribution is 5.96. The van der Waals surface area contributed by atoms with Crippen molar-refractivity contribution >= 4 is 11.8 Å². The van der Waals surface area contributed by atoms with Crippen LogP contribution in [0, 0.1) is 0 Å². The average molecular weight is 409 g/mol. The maximum absolute atomic E-state index is 13.3. The van der Waals surface area contributed by atoms with Gasteiger partial charge in [0.05, 0.1) is 12.1 Å². The van der Waals surface area contributed by atoms with Gasteiger partial charge in [-0.05, 0) is 31.4 Å². The monoisotopic (exact) mass is 409 g/mol. The van der Waals surface area contributed by atoms with Crippen molar-refractivity contribution in [2.45, 2.75) is 43.6 Å². The first-order chi connectivity index (χ1) is 13.8. The van der Waals surface area contributed by atoms with Crippen LogP contribution < -0.4 is 5.32 Å². The van der Waals surface area contributed by atoms with Gasteiger partial charge in [-0.25, -0.2) is 8.78 Å². The standard InChI is InChI=1S/C21H29F2N3O3/c22-21(23)9-12-25(13-10-21)16-20(29)7-4-11-26(14-8-20)18(27)15-24-19(28)17-5-2-1-3-6-17/h1-3,5-6,29H,4,7-16H2,(H,24,28)/t20-/m1/s1. The van der Waals surface area contributed by atoms with Crippen LogP contribution in [0.4, 0.5) is 8.78 Å². The molecule has 0 bridgehead atoms. The molecule has 2 N–H and O–H groups in total. The van der Waals surface area contributed by atoms with E-state index in [1.807, 2.05) is 11.0 Å². The lowest BCUT2D eigenvalue weighted by Gasteiger charge is -2.37. The molecule has 0 saturated carbocycles. The van der Waals surface area contributed by atoms with Crippen LogP contribution in [0.2, 0.25) is 0 Å². The third-order valence-electron chi connectivity index (χ3n) is 5.81. The van der Waals surface area contributed by atoms with Gasteiger partial charge in [0.1, 0.15) is 0 Å². The maximum atomic E-state index is 13.3. The number of carbonyl (C=O) groups excluding carboxylic acids is 2. The number of β-amino-alcohol motifs (C(OH)–C–C–N with tert-alkyl or cyclic N) is 1. The summed E-state index contributed by atoms with van der Waals surface area (Å²) in [7, 11) is 0. The quantitative estimate of drug-likeness (QED) is 0.779. The number of carbonyl (C=O) groups is 2. The van der Waals surface area contributed by atoms with Gasteiger partial charge >= 0.3 is 0 Å². The Morgan fingerprint density at radius 1 is 1.00 bits per heavy atom. The van der Waals surface area contributed by atoms with Crippen LogP contribution in [0.1, 0.15) is 42.5 Å². The van der Waals surface area contributed by atoms with E-state index in [1.165, 1.54) is 0 Å². The molecule has 0 aliphatic carbocycles. The third-order valence-corrected chi connectivity index (χ3v) is 5.81. The van der Waals surface area contributed by atoms with E-state index in [-0.39, 0.29) is 44.3 Å². The molecule has 1 aromatic carbocycles. The van der Waals surface area contributed by atoms with Crippen LogP contribution in [0.3, 0.4) is 0 Å². The molecule has 0 unspecified atom stereocenters. The topological polar surface area (TPSA) is 72.9 Å². The molecule has 2 aliphatic heterocycles. The van der Waals surface area contributed by atoms with Gasteiger partial charge in [-0.2, -0.15) is 0 Å². The van der Waals surface area contributed by atoms with Gasteiger partial charge in [0.25, 0.3) is 11.8 Å². The smallest absolute Gasteiger partial charge is 0.251 e. The maximum Gasteiger partial charge on any atom is 0.251 e. The average Bonchev–Trinajstić information content (AvgIpc) is 2.90. The number of hydrogen-bond donors (Lipinski definition) is 2. The predicted molar refractivity (Wildman–Crippen MR) is 105 cm³/mol. The molecular weight excluding hydrogens is 380 g/mol. The van der Waals surface area contributed by atoms with E-state index in [2.05, 4.69) is 5.32 Å². The fraction of sp³-hybridized carbons (Fsp3) is 0.619. The molecule has 160 valence electrons. The Balaban J connectivity index is 1.46. The molecule has 2 amide bonds. The van der Waals surface area contributed by atoms with Crippen molar-refractivity contribution < 1.29 is 23.5 Å². The number of alkyl halides is 2. The van der Waals surface area contributed by atoms with Crippen molar-refractivity contribution in [2.75, 3.05) is 39.3 Å². The number of nitrogens with zero attached hydrogens (tertiary/aromatic N) is 2. The highest BCUT2D eigenvalue weighted by atomic mass is 19.3. The summed E-state index contributed by atoms with van der Waals surface area (Å²) < 4.78 is 26.7. The molecule has 0 spiro atoms. The van der Waals surface area contributed by atoms with Crippen LogP contribution in [0.15, 0.2) is 30.3 Å². The second-order valence-corrected chi connectivity index (χ2v) is 8.14. The normalized spacial score (nSPS) is 25.3. The highest BCUT2D eigenvalue weighted by Gasteiger charge is 2.38. The number of piperidine rings is 1. The molecule has 2 fully saturated rings. The summed E-state index contributed by atoms with van der Waals surface area (Å²) >= 11 is 0. The van der Waals surface area contributed by atoms with Crippen molar-refractivity contribution in [3.8, 4) is 0 Å². The molecular formula is C21H29F2N3O3. The van der Waals surface area contributed by atoms with Gasteiger partial charge in [0.15, 0.2) is 0 Å². The van der Waals surface area contributed by atoms with E-state index in [9.17, 15) is 23.5 Å². The van der Waals surface area contributed by atoms with Gasteiger partial charge in [0.2, 0.25) is 5.91 Å². The Morgan fingerprint density at radius 2 is 1.69 bits per heavy atom. The molecule has 0 radical (unpaired) electrons. The SMILES string of the molecule is O=C(NCC(=O)N1CCC[C@](O)(CN2CCC(F)(F)CC2)CC1)c1ccccc1. The molecule has 2 saturated heterocycles. The highest BCUT2D eigenvalue weighted by Crippen LogP contribution is 2.30. The first-order valence-corrected chi connectivity index (χ1v) is 10.2. The molecule has 8 heteroatoms. The number of rotatable bonds is 5. The summed E-state index contributed by atoms with van der Waals surface area (Å²) in [6.45, 7) is 1.73. The van der Waals surface area contributed by atoms with E-state index in [4.69, 9.17) is 0 Å². The molecule has 1 atom stereocenters.